The first kappa shape index (κ1) is 13.2. The highest BCUT2D eigenvalue weighted by molar-refractivity contribution is 5.76. The summed E-state index contributed by atoms with van der Waals surface area (Å²) < 4.78 is 1.45. The average Bonchev–Trinajstić information content (AvgIpc) is 2.99. The van der Waals surface area contributed by atoms with Crippen molar-refractivity contribution in [1.82, 2.24) is 20.3 Å². The van der Waals surface area contributed by atoms with E-state index < -0.39 is 0 Å². The Morgan fingerprint density at radius 2 is 2.05 bits per heavy atom. The molecule has 0 bridgehead atoms. The number of hydrogen-bond acceptors (Lipinski definition) is 4. The monoisotopic (exact) mass is 272 g/mol. The van der Waals surface area contributed by atoms with Crippen LogP contribution in [0, 0.1) is 5.92 Å². The third-order valence-electron chi connectivity index (χ3n) is 4.04. The zero-order valence-electron chi connectivity index (χ0n) is 11.6. The van der Waals surface area contributed by atoms with Gasteiger partial charge < -0.3 is 5.32 Å². The second-order valence-electron chi connectivity index (χ2n) is 5.49. The van der Waals surface area contributed by atoms with Crippen LogP contribution < -0.4 is 10.9 Å². The third kappa shape index (κ3) is 2.88. The fraction of sp³-hybridized carbons (Fsp3) is 0.533. The van der Waals surface area contributed by atoms with Gasteiger partial charge in [0.25, 0.3) is 5.56 Å². The highest BCUT2D eigenvalue weighted by Gasteiger charge is 2.14. The molecule has 2 aromatic rings. The van der Waals surface area contributed by atoms with E-state index >= 15 is 0 Å². The third-order valence-corrected chi connectivity index (χ3v) is 4.04. The molecule has 1 aliphatic carbocycles. The number of rotatable bonds is 5. The molecule has 0 amide bonds. The van der Waals surface area contributed by atoms with Crippen LogP contribution in [0.4, 0.5) is 0 Å². The van der Waals surface area contributed by atoms with Crippen molar-refractivity contribution >= 4 is 10.9 Å². The minimum atomic E-state index is -0.0572. The van der Waals surface area contributed by atoms with Crippen molar-refractivity contribution in [3.63, 3.8) is 0 Å². The smallest absolute Gasteiger partial charge is 0.277 e. The van der Waals surface area contributed by atoms with Crippen LogP contribution in [0.1, 0.15) is 25.7 Å². The summed E-state index contributed by atoms with van der Waals surface area (Å²) in [7, 11) is 0. The van der Waals surface area contributed by atoms with E-state index in [4.69, 9.17) is 0 Å². The Morgan fingerprint density at radius 3 is 2.90 bits per heavy atom. The Bertz CT molecular complexity index is 631. The summed E-state index contributed by atoms with van der Waals surface area (Å²) in [4.78, 5) is 12.2. The number of benzene rings is 1. The molecular weight excluding hydrogens is 252 g/mol. The molecule has 1 heterocycles. The molecule has 5 heteroatoms. The summed E-state index contributed by atoms with van der Waals surface area (Å²) in [6.45, 7) is 2.39. The minimum Gasteiger partial charge on any atom is -0.315 e. The molecule has 0 spiro atoms. The lowest BCUT2D eigenvalue weighted by Crippen LogP contribution is -2.31. The molecule has 1 aromatic heterocycles. The van der Waals surface area contributed by atoms with Crippen LogP contribution in [-0.4, -0.2) is 28.1 Å². The zero-order chi connectivity index (χ0) is 13.8. The van der Waals surface area contributed by atoms with Crippen molar-refractivity contribution in [2.75, 3.05) is 13.1 Å². The van der Waals surface area contributed by atoms with Gasteiger partial charge in [-0.3, -0.25) is 4.79 Å². The number of nitrogens with zero attached hydrogens (tertiary/aromatic N) is 3. The van der Waals surface area contributed by atoms with Gasteiger partial charge >= 0.3 is 0 Å². The maximum Gasteiger partial charge on any atom is 0.277 e. The van der Waals surface area contributed by atoms with Crippen molar-refractivity contribution in [2.24, 2.45) is 5.92 Å². The van der Waals surface area contributed by atoms with Crippen LogP contribution in [0.3, 0.4) is 0 Å². The lowest BCUT2D eigenvalue weighted by atomic mass is 10.1. The Morgan fingerprint density at radius 1 is 1.25 bits per heavy atom. The molecule has 20 heavy (non-hydrogen) atoms. The summed E-state index contributed by atoms with van der Waals surface area (Å²) >= 11 is 0. The second-order valence-corrected chi connectivity index (χ2v) is 5.49. The van der Waals surface area contributed by atoms with Crippen LogP contribution in [0.25, 0.3) is 10.9 Å². The molecule has 3 rings (SSSR count). The minimum absolute atomic E-state index is 0.0572. The van der Waals surface area contributed by atoms with E-state index in [-0.39, 0.29) is 5.56 Å². The van der Waals surface area contributed by atoms with Gasteiger partial charge in [0, 0.05) is 6.54 Å². The molecule has 1 saturated carbocycles. The predicted octanol–water partition coefficient (Wildman–Crippen LogP) is 1.57. The van der Waals surface area contributed by atoms with E-state index in [2.05, 4.69) is 15.6 Å². The molecular formula is C15H20N4O. The number of aromatic nitrogens is 3. The van der Waals surface area contributed by atoms with Crippen molar-refractivity contribution < 1.29 is 0 Å². The average molecular weight is 272 g/mol. The van der Waals surface area contributed by atoms with Gasteiger partial charge in [-0.2, -0.15) is 0 Å². The fourth-order valence-corrected chi connectivity index (χ4v) is 2.88. The molecule has 0 saturated heterocycles. The van der Waals surface area contributed by atoms with E-state index in [1.807, 2.05) is 18.2 Å². The van der Waals surface area contributed by atoms with Crippen LogP contribution >= 0.6 is 0 Å². The van der Waals surface area contributed by atoms with Gasteiger partial charge in [-0.05, 0) is 37.4 Å². The Kier molecular flexibility index (Phi) is 4.06. The first-order chi connectivity index (χ1) is 9.84. The highest BCUT2D eigenvalue weighted by Crippen LogP contribution is 2.23. The Labute approximate surface area is 118 Å². The van der Waals surface area contributed by atoms with Crippen molar-refractivity contribution in [2.45, 2.75) is 32.2 Å². The molecule has 0 atom stereocenters. The van der Waals surface area contributed by atoms with E-state index in [1.165, 1.54) is 30.4 Å². The van der Waals surface area contributed by atoms with Gasteiger partial charge in [-0.25, -0.2) is 4.68 Å². The summed E-state index contributed by atoms with van der Waals surface area (Å²) in [6, 6.07) is 7.33. The maximum atomic E-state index is 12.2. The summed E-state index contributed by atoms with van der Waals surface area (Å²) in [5, 5.41) is 12.1. The van der Waals surface area contributed by atoms with Gasteiger partial charge in [0.05, 0.1) is 11.9 Å². The predicted molar refractivity (Wildman–Crippen MR) is 78.6 cm³/mol. The summed E-state index contributed by atoms with van der Waals surface area (Å²) in [6.07, 6.45) is 5.40. The highest BCUT2D eigenvalue weighted by atomic mass is 16.1. The lowest BCUT2D eigenvalue weighted by Gasteiger charge is -2.10. The first-order valence-electron chi connectivity index (χ1n) is 7.38. The zero-order valence-corrected chi connectivity index (χ0v) is 11.6. The van der Waals surface area contributed by atoms with Crippen LogP contribution in [0.5, 0.6) is 0 Å². The summed E-state index contributed by atoms with van der Waals surface area (Å²) in [5.74, 6) is 0.814. The largest absolute Gasteiger partial charge is 0.315 e. The van der Waals surface area contributed by atoms with Gasteiger partial charge in [-0.15, -0.1) is 5.10 Å². The van der Waals surface area contributed by atoms with Gasteiger partial charge in [0.15, 0.2) is 0 Å². The molecule has 0 unspecified atom stereocenters. The fourth-order valence-electron chi connectivity index (χ4n) is 2.88. The van der Waals surface area contributed by atoms with Gasteiger partial charge in [-0.1, -0.05) is 30.2 Å². The van der Waals surface area contributed by atoms with Gasteiger partial charge in [0.1, 0.15) is 5.52 Å². The lowest BCUT2D eigenvalue weighted by molar-refractivity contribution is 0.455. The topological polar surface area (TPSA) is 59.8 Å². The molecule has 106 valence electrons. The van der Waals surface area contributed by atoms with E-state index in [1.54, 1.807) is 6.07 Å². The maximum absolute atomic E-state index is 12.2. The standard InChI is InChI=1S/C15H20N4O/c20-15-13-7-3-4-8-14(13)17-18-19(15)10-9-16-11-12-5-1-2-6-12/h3-4,7-8,12,16H,1-2,5-6,9-11H2. The number of fused-ring (bicyclic) bond motifs is 1. The number of hydrogen-bond donors (Lipinski definition) is 1. The molecule has 0 aliphatic heterocycles. The SMILES string of the molecule is O=c1c2ccccc2nnn1CCNCC1CCCC1. The van der Waals surface area contributed by atoms with E-state index in [0.717, 1.165) is 19.0 Å². The molecule has 0 radical (unpaired) electrons. The van der Waals surface area contributed by atoms with Crippen LogP contribution in [0.2, 0.25) is 0 Å². The molecule has 1 fully saturated rings. The molecule has 5 nitrogen and oxygen atoms in total. The normalized spacial score (nSPS) is 16.0. The van der Waals surface area contributed by atoms with Crippen molar-refractivity contribution in [1.29, 1.82) is 0 Å². The van der Waals surface area contributed by atoms with E-state index in [0.29, 0.717) is 17.4 Å². The second kappa shape index (κ2) is 6.13. The molecule has 1 aromatic carbocycles. The Balaban J connectivity index is 1.60. The van der Waals surface area contributed by atoms with Crippen LogP contribution in [-0.2, 0) is 6.54 Å². The van der Waals surface area contributed by atoms with Crippen LogP contribution in [0.15, 0.2) is 29.1 Å². The molecule has 1 N–H and O–H groups in total. The van der Waals surface area contributed by atoms with Crippen molar-refractivity contribution in [3.8, 4) is 0 Å². The number of nitrogens with one attached hydrogen (secondary N) is 1. The van der Waals surface area contributed by atoms with Crippen molar-refractivity contribution in [3.05, 3.63) is 34.6 Å². The quantitative estimate of drug-likeness (QED) is 0.839. The first-order valence-corrected chi connectivity index (χ1v) is 7.38. The Hall–Kier alpha value is -1.75. The van der Waals surface area contributed by atoms with Gasteiger partial charge in [0.2, 0.25) is 0 Å². The summed E-state index contributed by atoms with van der Waals surface area (Å²) in [5.41, 5.74) is 0.603. The molecule has 1 aliphatic rings. The van der Waals surface area contributed by atoms with E-state index in [9.17, 15) is 4.79 Å².